The Labute approximate surface area is 245 Å². The van der Waals surface area contributed by atoms with Crippen molar-refractivity contribution in [1.29, 1.82) is 0 Å². The topological polar surface area (TPSA) is 87.7 Å². The quantitative estimate of drug-likeness (QED) is 0.200. The van der Waals surface area contributed by atoms with Crippen LogP contribution in [0.4, 0.5) is 4.79 Å². The average molecular weight is 564 g/mol. The van der Waals surface area contributed by atoms with Crippen molar-refractivity contribution >= 4 is 17.7 Å². The summed E-state index contributed by atoms with van der Waals surface area (Å²) >= 11 is 0. The molecule has 2 atom stereocenters. The summed E-state index contributed by atoms with van der Waals surface area (Å²) in [5.41, 5.74) is -2.61. The number of likely N-dealkylation sites (tertiary alicyclic amines) is 1. The normalized spacial score (nSPS) is 20.6. The highest BCUT2D eigenvalue weighted by Gasteiger charge is 2.51. The standard InChI is InChI=1S/C33H61N3O4/c1-28(2,3)25(37)32(13,34-30(7,8)9)20-18-16-14-15-17-19-23-40-27(39)36-22-21-33(24-36,35-31(10,11)12)26(38)29(4,5)6/h17,19,34-35H,14-16,18,20-24H2,1-13H3/b19-17+/t32-,33+/m1/s1. The molecule has 0 bridgehead atoms. The van der Waals surface area contributed by atoms with E-state index in [0.29, 0.717) is 19.5 Å². The number of unbranched alkanes of at least 4 members (excludes halogenated alkanes) is 3. The number of hydrogen-bond donors (Lipinski definition) is 2. The van der Waals surface area contributed by atoms with E-state index in [9.17, 15) is 14.4 Å². The minimum Gasteiger partial charge on any atom is -0.445 e. The second-order valence-corrected chi connectivity index (χ2v) is 16.1. The van der Waals surface area contributed by atoms with E-state index in [1.165, 1.54) is 0 Å². The van der Waals surface area contributed by atoms with Crippen molar-refractivity contribution in [3.63, 3.8) is 0 Å². The van der Waals surface area contributed by atoms with Gasteiger partial charge in [-0.2, -0.15) is 0 Å². The summed E-state index contributed by atoms with van der Waals surface area (Å²) in [5.74, 6) is 0.381. The third-order valence-electron chi connectivity index (χ3n) is 7.11. The van der Waals surface area contributed by atoms with Crippen LogP contribution >= 0.6 is 0 Å². The van der Waals surface area contributed by atoms with Gasteiger partial charge in [-0.15, -0.1) is 0 Å². The first-order chi connectivity index (χ1) is 17.9. The Bertz CT molecular complexity index is 899. The van der Waals surface area contributed by atoms with E-state index >= 15 is 0 Å². The summed E-state index contributed by atoms with van der Waals surface area (Å²) < 4.78 is 5.51. The zero-order chi connectivity index (χ0) is 31.2. The Kier molecular flexibility index (Phi) is 12.2. The van der Waals surface area contributed by atoms with Crippen LogP contribution in [0.1, 0.15) is 129 Å². The lowest BCUT2D eigenvalue weighted by Gasteiger charge is -2.40. The summed E-state index contributed by atoms with van der Waals surface area (Å²) in [6, 6.07) is 0. The number of allylic oxidation sites excluding steroid dienone is 1. The van der Waals surface area contributed by atoms with E-state index in [4.69, 9.17) is 4.74 Å². The van der Waals surface area contributed by atoms with Gasteiger partial charge in [0.25, 0.3) is 0 Å². The summed E-state index contributed by atoms with van der Waals surface area (Å²) in [4.78, 5) is 41.0. The molecule has 232 valence electrons. The van der Waals surface area contributed by atoms with Crippen LogP contribution in [0.2, 0.25) is 0 Å². The maximum atomic E-state index is 13.4. The van der Waals surface area contributed by atoms with Gasteiger partial charge in [0.05, 0.1) is 11.1 Å². The van der Waals surface area contributed by atoms with E-state index in [2.05, 4.69) is 37.5 Å². The Balaban J connectivity index is 2.52. The van der Waals surface area contributed by atoms with Crippen LogP contribution in [-0.4, -0.2) is 64.4 Å². The van der Waals surface area contributed by atoms with Crippen molar-refractivity contribution in [2.24, 2.45) is 10.8 Å². The van der Waals surface area contributed by atoms with Crippen molar-refractivity contribution in [3.05, 3.63) is 12.2 Å². The van der Waals surface area contributed by atoms with Crippen LogP contribution in [0.25, 0.3) is 0 Å². The number of amides is 1. The molecule has 7 heteroatoms. The molecule has 1 aliphatic rings. The Morgan fingerprint density at radius 3 is 1.90 bits per heavy atom. The maximum Gasteiger partial charge on any atom is 0.410 e. The number of ketones is 2. The minimum absolute atomic E-state index is 0.127. The molecule has 2 N–H and O–H groups in total. The van der Waals surface area contributed by atoms with Crippen LogP contribution in [0.5, 0.6) is 0 Å². The van der Waals surface area contributed by atoms with Gasteiger partial charge in [0.2, 0.25) is 0 Å². The monoisotopic (exact) mass is 563 g/mol. The number of ether oxygens (including phenoxy) is 1. The number of hydrogen-bond acceptors (Lipinski definition) is 6. The number of Topliss-reactive ketones (excluding diaryl/α,β-unsaturated/α-hetero) is 2. The fourth-order valence-electron chi connectivity index (χ4n) is 5.95. The molecule has 0 aromatic carbocycles. The molecule has 1 aliphatic heterocycles. The molecule has 1 heterocycles. The summed E-state index contributed by atoms with van der Waals surface area (Å²) in [6.45, 7) is 27.3. The maximum absolute atomic E-state index is 13.4. The fourth-order valence-corrected chi connectivity index (χ4v) is 5.95. The smallest absolute Gasteiger partial charge is 0.410 e. The highest BCUT2D eigenvalue weighted by Crippen LogP contribution is 2.33. The summed E-state index contributed by atoms with van der Waals surface area (Å²) in [5, 5.41) is 7.10. The zero-order valence-electron chi connectivity index (χ0n) is 28.1. The van der Waals surface area contributed by atoms with Crippen molar-refractivity contribution in [2.75, 3.05) is 19.7 Å². The molecule has 0 aliphatic carbocycles. The van der Waals surface area contributed by atoms with Gasteiger partial charge >= 0.3 is 6.09 Å². The lowest BCUT2D eigenvalue weighted by Crippen LogP contribution is -2.63. The fraction of sp³-hybridized carbons (Fsp3) is 0.848. The molecule has 0 unspecified atom stereocenters. The Morgan fingerprint density at radius 1 is 0.800 bits per heavy atom. The first kappa shape index (κ1) is 36.3. The number of carbonyl (C=O) groups excluding carboxylic acids is 3. The van der Waals surface area contributed by atoms with Gasteiger partial charge in [0.15, 0.2) is 11.6 Å². The predicted molar refractivity (Wildman–Crippen MR) is 166 cm³/mol. The predicted octanol–water partition coefficient (Wildman–Crippen LogP) is 6.84. The van der Waals surface area contributed by atoms with Crippen molar-refractivity contribution in [1.82, 2.24) is 15.5 Å². The average Bonchev–Trinajstić information content (AvgIpc) is 3.17. The van der Waals surface area contributed by atoms with Gasteiger partial charge in [-0.3, -0.25) is 14.9 Å². The third-order valence-corrected chi connectivity index (χ3v) is 7.11. The van der Waals surface area contributed by atoms with Crippen LogP contribution in [-0.2, 0) is 14.3 Å². The van der Waals surface area contributed by atoms with E-state index in [1.54, 1.807) is 4.90 Å². The molecule has 0 aromatic heterocycles. The SMILES string of the molecule is CC(C)(C)N[C@@]1(C(=O)C(C)(C)C)CCN(C(=O)OC/C=C/CCCCC[C@@](C)(NC(C)(C)C)C(=O)C(C)(C)C)C1. The number of nitrogens with one attached hydrogen (secondary N) is 2. The molecule has 1 amide bonds. The van der Waals surface area contributed by atoms with Crippen LogP contribution in [0, 0.1) is 10.8 Å². The van der Waals surface area contributed by atoms with Crippen LogP contribution in [0.15, 0.2) is 12.2 Å². The lowest BCUT2D eigenvalue weighted by molar-refractivity contribution is -0.134. The lowest BCUT2D eigenvalue weighted by atomic mass is 9.75. The third kappa shape index (κ3) is 11.6. The largest absolute Gasteiger partial charge is 0.445 e. The molecule has 40 heavy (non-hydrogen) atoms. The van der Waals surface area contributed by atoms with E-state index in [-0.39, 0.29) is 35.3 Å². The number of nitrogens with zero attached hydrogens (tertiary/aromatic N) is 1. The second kappa shape index (κ2) is 13.5. The molecule has 1 rings (SSSR count). The zero-order valence-corrected chi connectivity index (χ0v) is 28.1. The highest BCUT2D eigenvalue weighted by atomic mass is 16.6. The molecule has 7 nitrogen and oxygen atoms in total. The second-order valence-electron chi connectivity index (χ2n) is 16.1. The van der Waals surface area contributed by atoms with Crippen LogP contribution < -0.4 is 10.6 Å². The number of rotatable bonds is 12. The van der Waals surface area contributed by atoms with Crippen molar-refractivity contribution in [3.8, 4) is 0 Å². The summed E-state index contributed by atoms with van der Waals surface area (Å²) in [6.07, 6.45) is 8.87. The van der Waals surface area contributed by atoms with Gasteiger partial charge < -0.3 is 15.0 Å². The minimum atomic E-state index is -0.763. The first-order valence-electron chi connectivity index (χ1n) is 15.2. The molecule has 0 radical (unpaired) electrons. The molecule has 0 spiro atoms. The van der Waals surface area contributed by atoms with Gasteiger partial charge in [0.1, 0.15) is 6.61 Å². The summed E-state index contributed by atoms with van der Waals surface area (Å²) in [7, 11) is 0. The first-order valence-corrected chi connectivity index (χ1v) is 15.2. The highest BCUT2D eigenvalue weighted by molar-refractivity contribution is 5.94. The van der Waals surface area contributed by atoms with Gasteiger partial charge in [-0.1, -0.05) is 66.5 Å². The van der Waals surface area contributed by atoms with Crippen molar-refractivity contribution < 1.29 is 19.1 Å². The molecule has 1 fully saturated rings. The van der Waals surface area contributed by atoms with Gasteiger partial charge in [0, 0.05) is 35.0 Å². The van der Waals surface area contributed by atoms with E-state index in [0.717, 1.165) is 32.1 Å². The molecular formula is C33H61N3O4. The molecule has 0 aromatic rings. The Hall–Kier alpha value is -1.73. The van der Waals surface area contributed by atoms with Crippen molar-refractivity contribution in [2.45, 2.75) is 151 Å². The number of carbonyl (C=O) groups is 3. The van der Waals surface area contributed by atoms with Crippen LogP contribution in [0.3, 0.4) is 0 Å². The molecule has 1 saturated heterocycles. The van der Waals surface area contributed by atoms with E-state index in [1.807, 2.05) is 75.3 Å². The van der Waals surface area contributed by atoms with E-state index < -0.39 is 21.9 Å². The Morgan fingerprint density at radius 2 is 1.40 bits per heavy atom. The molecule has 0 saturated carbocycles. The van der Waals surface area contributed by atoms with Gasteiger partial charge in [-0.05, 0) is 74.1 Å². The molecular weight excluding hydrogens is 502 g/mol. The van der Waals surface area contributed by atoms with Gasteiger partial charge in [-0.25, -0.2) is 4.79 Å².